The van der Waals surface area contributed by atoms with Crippen molar-refractivity contribution in [1.29, 1.82) is 0 Å². The summed E-state index contributed by atoms with van der Waals surface area (Å²) in [6.07, 6.45) is -1.63. The average Bonchev–Trinajstić information content (AvgIpc) is 2.82. The molecule has 1 saturated heterocycles. The molecule has 2 aromatic heterocycles. The molecule has 0 aliphatic carbocycles. The van der Waals surface area contributed by atoms with Gasteiger partial charge in [-0.3, -0.25) is 0 Å². The summed E-state index contributed by atoms with van der Waals surface area (Å²) in [5.74, 6) is 0.581. The third kappa shape index (κ3) is 2.41. The number of hydrogen-bond donors (Lipinski definition) is 4. The van der Waals surface area contributed by atoms with Gasteiger partial charge in [0.05, 0.1) is 13.7 Å². The minimum Gasteiger partial charge on any atom is -0.479 e. The number of methoxy groups -OCH3 is 1. The Morgan fingerprint density at radius 3 is 2.55 bits per heavy atom. The van der Waals surface area contributed by atoms with E-state index in [4.69, 9.17) is 14.6 Å². The lowest BCUT2D eigenvalue weighted by atomic mass is 10.1. The van der Waals surface area contributed by atoms with Crippen molar-refractivity contribution in [3.05, 3.63) is 12.7 Å². The third-order valence-corrected chi connectivity index (χ3v) is 3.40. The maximum atomic E-state index is 9.94. The van der Waals surface area contributed by atoms with E-state index in [-0.39, 0.29) is 5.88 Å². The van der Waals surface area contributed by atoms with E-state index in [9.17, 15) is 10.2 Å². The summed E-state index contributed by atoms with van der Waals surface area (Å²) in [4.78, 5) is 16.1. The largest absolute Gasteiger partial charge is 0.479 e. The van der Waals surface area contributed by atoms with Crippen LogP contribution < -0.4 is 10.1 Å². The molecule has 10 heteroatoms. The lowest BCUT2D eigenvalue weighted by molar-refractivity contribution is -0.0153. The first-order valence-corrected chi connectivity index (χ1v) is 6.54. The highest BCUT2D eigenvalue weighted by Crippen LogP contribution is 2.26. The van der Waals surface area contributed by atoms with Gasteiger partial charge in [-0.25, -0.2) is 15.0 Å². The summed E-state index contributed by atoms with van der Waals surface area (Å²) in [5.41, 5.74) is 0.779. The van der Waals surface area contributed by atoms with Gasteiger partial charge in [-0.2, -0.15) is 4.98 Å². The van der Waals surface area contributed by atoms with Crippen LogP contribution in [0.25, 0.3) is 11.0 Å². The van der Waals surface area contributed by atoms with E-state index in [1.165, 1.54) is 19.8 Å². The molecule has 118 valence electrons. The average molecular weight is 309 g/mol. The number of anilines is 1. The molecule has 0 radical (unpaired) electrons. The lowest BCUT2D eigenvalue weighted by Crippen LogP contribution is -2.36. The SMILES string of the molecule is COc1ncnc2c(N[C@H]3O[C@H](CO)[C@@H](O)[C@H]3O)ncnc12. The van der Waals surface area contributed by atoms with Crippen LogP contribution in [0.4, 0.5) is 5.82 Å². The molecule has 4 N–H and O–H groups in total. The van der Waals surface area contributed by atoms with Crippen molar-refractivity contribution < 1.29 is 24.8 Å². The van der Waals surface area contributed by atoms with Crippen molar-refractivity contribution in [3.8, 4) is 5.88 Å². The number of nitrogens with zero attached hydrogens (tertiary/aromatic N) is 4. The van der Waals surface area contributed by atoms with Crippen LogP contribution in [0.15, 0.2) is 12.7 Å². The highest BCUT2D eigenvalue weighted by Gasteiger charge is 2.42. The number of fused-ring (bicyclic) bond motifs is 1. The molecule has 3 rings (SSSR count). The molecular formula is C12H15N5O5. The topological polar surface area (TPSA) is 143 Å². The second-order valence-electron chi connectivity index (χ2n) is 4.71. The Morgan fingerprint density at radius 1 is 1.14 bits per heavy atom. The highest BCUT2D eigenvalue weighted by atomic mass is 16.6. The second kappa shape index (κ2) is 5.93. The fourth-order valence-corrected chi connectivity index (χ4v) is 2.27. The molecule has 1 aliphatic rings. The van der Waals surface area contributed by atoms with Gasteiger partial charge in [-0.15, -0.1) is 0 Å². The molecule has 22 heavy (non-hydrogen) atoms. The van der Waals surface area contributed by atoms with Crippen molar-refractivity contribution >= 4 is 16.9 Å². The standard InChI is InChI=1S/C12H15N5O5/c1-21-11-7-6(13-4-16-11)10(15-3-14-7)17-12-9(20)8(19)5(2-18)22-12/h3-5,8-9,12,18-20H,2H2,1H3,(H,14,15,17)/t5-,8-,9-,12+/m1/s1. The van der Waals surface area contributed by atoms with Crippen LogP contribution in [0.5, 0.6) is 5.88 Å². The number of hydrogen-bond acceptors (Lipinski definition) is 10. The van der Waals surface area contributed by atoms with Gasteiger partial charge >= 0.3 is 0 Å². The zero-order chi connectivity index (χ0) is 15.7. The van der Waals surface area contributed by atoms with Crippen molar-refractivity contribution in [3.63, 3.8) is 0 Å². The number of aliphatic hydroxyl groups excluding tert-OH is 3. The Balaban J connectivity index is 1.92. The maximum absolute atomic E-state index is 9.94. The Morgan fingerprint density at radius 2 is 1.86 bits per heavy atom. The van der Waals surface area contributed by atoms with Crippen LogP contribution in [0.1, 0.15) is 0 Å². The van der Waals surface area contributed by atoms with Gasteiger partial charge in [-0.1, -0.05) is 0 Å². The molecular weight excluding hydrogens is 294 g/mol. The van der Waals surface area contributed by atoms with Gasteiger partial charge in [0.2, 0.25) is 5.88 Å². The smallest absolute Gasteiger partial charge is 0.243 e. The minimum absolute atomic E-state index is 0.289. The monoisotopic (exact) mass is 309 g/mol. The highest BCUT2D eigenvalue weighted by molar-refractivity contribution is 5.87. The molecule has 0 amide bonds. The molecule has 0 aromatic carbocycles. The zero-order valence-electron chi connectivity index (χ0n) is 11.6. The van der Waals surface area contributed by atoms with Crippen molar-refractivity contribution in [2.24, 2.45) is 0 Å². The first-order chi connectivity index (χ1) is 10.7. The van der Waals surface area contributed by atoms with Crippen LogP contribution in [-0.2, 0) is 4.74 Å². The Kier molecular flexibility index (Phi) is 3.98. The Hall–Kier alpha value is -2.14. The normalized spacial score (nSPS) is 28.0. The summed E-state index contributed by atoms with van der Waals surface area (Å²) in [6.45, 7) is -0.406. The van der Waals surface area contributed by atoms with E-state index in [0.29, 0.717) is 16.9 Å². The predicted octanol–water partition coefficient (Wildman–Crippen LogP) is -1.72. The van der Waals surface area contributed by atoms with Crippen LogP contribution in [-0.4, -0.2) is 73.5 Å². The molecule has 0 saturated carbocycles. The van der Waals surface area contributed by atoms with Crippen molar-refractivity contribution in [2.45, 2.75) is 24.5 Å². The first kappa shape index (κ1) is 14.8. The molecule has 3 heterocycles. The number of rotatable bonds is 4. The molecule has 10 nitrogen and oxygen atoms in total. The van der Waals surface area contributed by atoms with Gasteiger partial charge in [0.25, 0.3) is 0 Å². The summed E-state index contributed by atoms with van der Waals surface area (Å²) in [5, 5.41) is 31.6. The Labute approximate surface area is 124 Å². The van der Waals surface area contributed by atoms with E-state index in [1.807, 2.05) is 0 Å². The minimum atomic E-state index is -1.22. The number of nitrogens with one attached hydrogen (secondary N) is 1. The van der Waals surface area contributed by atoms with Crippen LogP contribution in [0.2, 0.25) is 0 Å². The quantitative estimate of drug-likeness (QED) is 0.515. The lowest BCUT2D eigenvalue weighted by Gasteiger charge is -2.17. The molecule has 0 spiro atoms. The number of aliphatic hydroxyl groups is 3. The number of ether oxygens (including phenoxy) is 2. The van der Waals surface area contributed by atoms with Gasteiger partial charge in [0.15, 0.2) is 17.6 Å². The predicted molar refractivity (Wildman–Crippen MR) is 73.1 cm³/mol. The summed E-state index contributed by atoms with van der Waals surface area (Å²) in [6, 6.07) is 0. The van der Waals surface area contributed by atoms with Crippen molar-refractivity contribution in [2.75, 3.05) is 19.0 Å². The maximum Gasteiger partial charge on any atom is 0.243 e. The van der Waals surface area contributed by atoms with E-state index >= 15 is 0 Å². The summed E-state index contributed by atoms with van der Waals surface area (Å²) >= 11 is 0. The van der Waals surface area contributed by atoms with Gasteiger partial charge in [0, 0.05) is 0 Å². The zero-order valence-corrected chi connectivity index (χ0v) is 11.6. The number of aromatic nitrogens is 4. The molecule has 2 aromatic rings. The second-order valence-corrected chi connectivity index (χ2v) is 4.71. The molecule has 0 unspecified atom stereocenters. The summed E-state index contributed by atoms with van der Waals surface area (Å²) in [7, 11) is 1.46. The molecule has 1 aliphatic heterocycles. The molecule has 4 atom stereocenters. The van der Waals surface area contributed by atoms with Gasteiger partial charge in [0.1, 0.15) is 36.5 Å². The molecule has 1 fully saturated rings. The van der Waals surface area contributed by atoms with Crippen LogP contribution >= 0.6 is 0 Å². The van der Waals surface area contributed by atoms with Crippen molar-refractivity contribution in [1.82, 2.24) is 19.9 Å². The summed E-state index contributed by atoms with van der Waals surface area (Å²) < 4.78 is 10.5. The first-order valence-electron chi connectivity index (χ1n) is 6.54. The van der Waals surface area contributed by atoms with Crippen LogP contribution in [0.3, 0.4) is 0 Å². The van der Waals surface area contributed by atoms with E-state index in [2.05, 4.69) is 25.3 Å². The van der Waals surface area contributed by atoms with E-state index in [0.717, 1.165) is 0 Å². The van der Waals surface area contributed by atoms with E-state index in [1.54, 1.807) is 0 Å². The molecule has 0 bridgehead atoms. The Bertz CT molecular complexity index is 671. The van der Waals surface area contributed by atoms with Crippen LogP contribution in [0, 0.1) is 0 Å². The fraction of sp³-hybridized carbons (Fsp3) is 0.500. The van der Waals surface area contributed by atoms with Gasteiger partial charge in [-0.05, 0) is 0 Å². The van der Waals surface area contributed by atoms with Gasteiger partial charge < -0.3 is 30.1 Å². The van der Waals surface area contributed by atoms with E-state index < -0.39 is 31.1 Å². The third-order valence-electron chi connectivity index (χ3n) is 3.40. The fourth-order valence-electron chi connectivity index (χ4n) is 2.27.